The number of likely N-dealkylation sites (N-methyl/N-ethyl adjacent to an activating group) is 1. The first kappa shape index (κ1) is 18.0. The Bertz CT molecular complexity index is 982. The van der Waals surface area contributed by atoms with Crippen LogP contribution in [0.3, 0.4) is 0 Å². The molecule has 0 aromatic carbocycles. The molecule has 1 aliphatic heterocycles. The molecule has 3 aromatic rings. The number of anilines is 2. The van der Waals surface area contributed by atoms with Crippen molar-refractivity contribution < 1.29 is 9.59 Å². The number of carbonyl (C=O) groups is 2. The molecular weight excluding hydrogens is 382 g/mol. The fourth-order valence-electron chi connectivity index (χ4n) is 2.70. The zero-order valence-electron chi connectivity index (χ0n) is 14.9. The van der Waals surface area contributed by atoms with Gasteiger partial charge in [0.2, 0.25) is 11.8 Å². The van der Waals surface area contributed by atoms with Crippen molar-refractivity contribution in [3.8, 4) is 5.82 Å². The third-order valence-electron chi connectivity index (χ3n) is 4.27. The summed E-state index contributed by atoms with van der Waals surface area (Å²) in [7, 11) is 1.58. The van der Waals surface area contributed by atoms with Crippen molar-refractivity contribution in [3.05, 3.63) is 36.1 Å². The second-order valence-electron chi connectivity index (χ2n) is 6.16. The van der Waals surface area contributed by atoms with Crippen LogP contribution in [0.4, 0.5) is 10.9 Å². The number of aromatic nitrogens is 6. The fourth-order valence-corrected chi connectivity index (χ4v) is 3.41. The van der Waals surface area contributed by atoms with Crippen molar-refractivity contribution >= 4 is 34.1 Å². The van der Waals surface area contributed by atoms with Crippen molar-refractivity contribution in [2.24, 2.45) is 5.92 Å². The summed E-state index contributed by atoms with van der Waals surface area (Å²) in [5, 5.41) is 11.7. The first-order valence-electron chi connectivity index (χ1n) is 8.50. The van der Waals surface area contributed by atoms with Gasteiger partial charge in [-0.3, -0.25) is 9.59 Å². The highest BCUT2D eigenvalue weighted by Crippen LogP contribution is 2.25. The van der Waals surface area contributed by atoms with Crippen LogP contribution in [0.5, 0.6) is 0 Å². The van der Waals surface area contributed by atoms with Gasteiger partial charge in [-0.1, -0.05) is 0 Å². The van der Waals surface area contributed by atoms with Crippen molar-refractivity contribution in [1.29, 1.82) is 0 Å². The van der Waals surface area contributed by atoms with Crippen LogP contribution in [0.15, 0.2) is 30.4 Å². The highest BCUT2D eigenvalue weighted by molar-refractivity contribution is 7.13. The maximum absolute atomic E-state index is 12.4. The van der Waals surface area contributed by atoms with E-state index in [1.807, 2.05) is 4.90 Å². The van der Waals surface area contributed by atoms with Crippen LogP contribution >= 0.6 is 11.3 Å². The van der Waals surface area contributed by atoms with Crippen molar-refractivity contribution in [2.75, 3.05) is 30.4 Å². The number of hydrogen-bond donors (Lipinski definition) is 2. The zero-order chi connectivity index (χ0) is 19.5. The molecular formula is C16H17N9O2S. The first-order chi connectivity index (χ1) is 13.6. The Morgan fingerprint density at radius 1 is 1.25 bits per heavy atom. The summed E-state index contributed by atoms with van der Waals surface area (Å²) >= 11 is 1.31. The summed E-state index contributed by atoms with van der Waals surface area (Å²) in [6.07, 6.45) is 4.65. The van der Waals surface area contributed by atoms with E-state index in [4.69, 9.17) is 0 Å². The topological polar surface area (TPSA) is 131 Å². The van der Waals surface area contributed by atoms with E-state index >= 15 is 0 Å². The lowest BCUT2D eigenvalue weighted by molar-refractivity contribution is -0.121. The Morgan fingerprint density at radius 2 is 2.07 bits per heavy atom. The predicted octanol–water partition coefficient (Wildman–Crippen LogP) is -0.123. The monoisotopic (exact) mass is 399 g/mol. The maximum Gasteiger partial charge on any atom is 0.232 e. The number of carbonyl (C=O) groups excluding carboxylic acids is 2. The molecule has 144 valence electrons. The summed E-state index contributed by atoms with van der Waals surface area (Å²) in [4.78, 5) is 42.4. The Hall–Kier alpha value is -3.41. The van der Waals surface area contributed by atoms with E-state index < -0.39 is 0 Å². The molecule has 0 radical (unpaired) electrons. The summed E-state index contributed by atoms with van der Waals surface area (Å²) in [5.41, 5.74) is 0.636. The van der Waals surface area contributed by atoms with Gasteiger partial charge in [-0.25, -0.2) is 24.6 Å². The van der Waals surface area contributed by atoms with Gasteiger partial charge in [-0.15, -0.1) is 11.3 Å². The lowest BCUT2D eigenvalue weighted by atomic mass is 9.99. The number of amides is 2. The Labute approximate surface area is 163 Å². The summed E-state index contributed by atoms with van der Waals surface area (Å²) < 4.78 is 1.55. The van der Waals surface area contributed by atoms with Gasteiger partial charge in [0.05, 0.1) is 18.0 Å². The van der Waals surface area contributed by atoms with E-state index in [9.17, 15) is 9.59 Å². The van der Waals surface area contributed by atoms with Gasteiger partial charge < -0.3 is 15.5 Å². The average molecular weight is 399 g/mol. The Kier molecular flexibility index (Phi) is 4.93. The second-order valence-corrected chi connectivity index (χ2v) is 7.02. The van der Waals surface area contributed by atoms with Gasteiger partial charge in [0.25, 0.3) is 0 Å². The number of nitrogens with zero attached hydrogens (tertiary/aromatic N) is 7. The normalized spacial score (nSPS) is 13.8. The van der Waals surface area contributed by atoms with Crippen molar-refractivity contribution in [3.63, 3.8) is 0 Å². The molecule has 28 heavy (non-hydrogen) atoms. The average Bonchev–Trinajstić information content (AvgIpc) is 3.33. The summed E-state index contributed by atoms with van der Waals surface area (Å²) in [5.74, 6) is 0.972. The fraction of sp³-hybridized carbons (Fsp3) is 0.312. The summed E-state index contributed by atoms with van der Waals surface area (Å²) in [6.45, 7) is 1.10. The van der Waals surface area contributed by atoms with Crippen LogP contribution in [0.2, 0.25) is 0 Å². The molecule has 11 nitrogen and oxygen atoms in total. The van der Waals surface area contributed by atoms with E-state index in [1.54, 1.807) is 29.5 Å². The van der Waals surface area contributed by atoms with E-state index in [0.29, 0.717) is 29.7 Å². The van der Waals surface area contributed by atoms with Crippen LogP contribution in [0.1, 0.15) is 5.69 Å². The lowest BCUT2D eigenvalue weighted by Gasteiger charge is -2.38. The molecule has 0 saturated carbocycles. The third-order valence-corrected chi connectivity index (χ3v) is 5.08. The molecule has 0 spiro atoms. The molecule has 2 amide bonds. The predicted molar refractivity (Wildman–Crippen MR) is 101 cm³/mol. The highest BCUT2D eigenvalue weighted by atomic mass is 32.1. The van der Waals surface area contributed by atoms with E-state index in [-0.39, 0.29) is 24.2 Å². The van der Waals surface area contributed by atoms with E-state index in [1.165, 1.54) is 24.0 Å². The molecule has 0 atom stereocenters. The van der Waals surface area contributed by atoms with Crippen LogP contribution < -0.4 is 15.5 Å². The standard InChI is InChI=1S/C16H17N9O2S/c1-17-14(26)2-11-6-28-16(22-11)23-15(27)10-4-24(5-10)12-3-13(20-8-19-12)25-9-18-7-21-25/h3,6-10H,2,4-5H2,1H3,(H,17,26)(H,22,23,27). The maximum atomic E-state index is 12.4. The van der Waals surface area contributed by atoms with Gasteiger partial charge in [-0.2, -0.15) is 5.10 Å². The molecule has 2 N–H and O–H groups in total. The minimum Gasteiger partial charge on any atom is -0.359 e. The van der Waals surface area contributed by atoms with E-state index in [0.717, 1.165) is 5.82 Å². The molecule has 1 fully saturated rings. The Balaban J connectivity index is 1.32. The third kappa shape index (κ3) is 3.81. The zero-order valence-corrected chi connectivity index (χ0v) is 15.8. The van der Waals surface area contributed by atoms with Gasteiger partial charge >= 0.3 is 0 Å². The highest BCUT2D eigenvalue weighted by Gasteiger charge is 2.34. The van der Waals surface area contributed by atoms with Gasteiger partial charge in [0.15, 0.2) is 10.9 Å². The number of thiazole rings is 1. The number of hydrogen-bond acceptors (Lipinski definition) is 9. The number of nitrogens with one attached hydrogen (secondary N) is 2. The SMILES string of the molecule is CNC(=O)Cc1csc(NC(=O)C2CN(c3cc(-n4cncn4)ncn3)C2)n1. The smallest absolute Gasteiger partial charge is 0.232 e. The molecule has 4 heterocycles. The lowest BCUT2D eigenvalue weighted by Crippen LogP contribution is -2.52. The first-order valence-corrected chi connectivity index (χ1v) is 9.38. The molecule has 1 saturated heterocycles. The van der Waals surface area contributed by atoms with Gasteiger partial charge in [-0.05, 0) is 0 Å². The number of rotatable bonds is 6. The van der Waals surface area contributed by atoms with Crippen LogP contribution in [-0.4, -0.2) is 61.7 Å². The molecule has 1 aliphatic rings. The van der Waals surface area contributed by atoms with Crippen LogP contribution in [0.25, 0.3) is 5.82 Å². The minimum absolute atomic E-state index is 0.0948. The molecule has 0 unspecified atom stereocenters. The summed E-state index contributed by atoms with van der Waals surface area (Å²) in [6, 6.07) is 1.80. The van der Waals surface area contributed by atoms with Gasteiger partial charge in [0, 0.05) is 31.6 Å². The Morgan fingerprint density at radius 3 is 2.82 bits per heavy atom. The molecule has 3 aromatic heterocycles. The van der Waals surface area contributed by atoms with Gasteiger partial charge in [0.1, 0.15) is 24.8 Å². The second kappa shape index (κ2) is 7.68. The largest absolute Gasteiger partial charge is 0.359 e. The van der Waals surface area contributed by atoms with E-state index in [2.05, 4.69) is 35.7 Å². The van der Waals surface area contributed by atoms with Crippen molar-refractivity contribution in [1.82, 2.24) is 35.0 Å². The van der Waals surface area contributed by atoms with Crippen molar-refractivity contribution in [2.45, 2.75) is 6.42 Å². The molecule has 0 bridgehead atoms. The molecule has 12 heteroatoms. The molecule has 0 aliphatic carbocycles. The quantitative estimate of drug-likeness (QED) is 0.586. The molecule has 4 rings (SSSR count). The van der Waals surface area contributed by atoms with Crippen LogP contribution in [0, 0.1) is 5.92 Å². The van der Waals surface area contributed by atoms with Crippen LogP contribution in [-0.2, 0) is 16.0 Å². The minimum atomic E-state index is -0.156.